The molecule has 1 aromatic carbocycles. The lowest BCUT2D eigenvalue weighted by Crippen LogP contribution is -2.47. The molecule has 1 atom stereocenters. The van der Waals surface area contributed by atoms with Crippen molar-refractivity contribution in [1.29, 1.82) is 0 Å². The summed E-state index contributed by atoms with van der Waals surface area (Å²) in [5, 5.41) is 12.4. The van der Waals surface area contributed by atoms with Gasteiger partial charge in [-0.3, -0.25) is 9.59 Å². The molecular weight excluding hydrogens is 362 g/mol. The molecule has 0 aromatic heterocycles. The van der Waals surface area contributed by atoms with E-state index in [0.717, 1.165) is 5.69 Å². The highest BCUT2D eigenvalue weighted by atomic mass is 16.5. The summed E-state index contributed by atoms with van der Waals surface area (Å²) in [5.41, 5.74) is 1.35. The fourth-order valence-electron chi connectivity index (χ4n) is 3.56. The highest BCUT2D eigenvalue weighted by molar-refractivity contribution is 5.95. The summed E-state index contributed by atoms with van der Waals surface area (Å²) in [6, 6.07) is 5.23. The number of likely N-dealkylation sites (tertiary alicyclic amines) is 1. The van der Waals surface area contributed by atoms with Crippen LogP contribution in [0.3, 0.4) is 0 Å². The molecule has 2 N–H and O–H groups in total. The number of likely N-dealkylation sites (N-methyl/N-ethyl adjacent to an activating group) is 1. The monoisotopic (exact) mass is 391 g/mol. The van der Waals surface area contributed by atoms with Gasteiger partial charge in [0.1, 0.15) is 12.4 Å². The Bertz CT molecular complexity index is 703. The third-order valence-corrected chi connectivity index (χ3v) is 5.40. The largest absolute Gasteiger partial charge is 0.489 e. The second kappa shape index (κ2) is 9.25. The number of methoxy groups -OCH3 is 1. The quantitative estimate of drug-likeness (QED) is 0.692. The van der Waals surface area contributed by atoms with Crippen LogP contribution in [0.15, 0.2) is 18.2 Å². The molecule has 1 aromatic rings. The number of fused-ring (bicyclic) bond motifs is 1. The molecule has 2 aliphatic heterocycles. The van der Waals surface area contributed by atoms with Gasteiger partial charge < -0.3 is 29.7 Å². The lowest BCUT2D eigenvalue weighted by molar-refractivity contribution is -0.133. The van der Waals surface area contributed by atoms with Crippen molar-refractivity contribution in [3.05, 3.63) is 23.8 Å². The zero-order valence-corrected chi connectivity index (χ0v) is 16.5. The first-order chi connectivity index (χ1) is 13.5. The number of carbonyl (C=O) groups is 2. The topological polar surface area (TPSA) is 91.3 Å². The molecule has 0 saturated carbocycles. The molecule has 2 heterocycles. The van der Waals surface area contributed by atoms with E-state index in [2.05, 4.69) is 5.32 Å². The summed E-state index contributed by atoms with van der Waals surface area (Å²) in [4.78, 5) is 28.8. The molecule has 154 valence electrons. The SMILES string of the molecule is COCCNC(=O)c1ccc2c(c1)N(C)[C@H](CC(=O)N1CCC(O)CC1)CO2. The lowest BCUT2D eigenvalue weighted by Gasteiger charge is -2.37. The molecule has 1 fully saturated rings. The van der Waals surface area contributed by atoms with Crippen LogP contribution in [-0.2, 0) is 9.53 Å². The Morgan fingerprint density at radius 2 is 2.07 bits per heavy atom. The molecule has 8 heteroatoms. The van der Waals surface area contributed by atoms with E-state index in [1.54, 1.807) is 25.3 Å². The number of rotatable bonds is 6. The van der Waals surface area contributed by atoms with Crippen molar-refractivity contribution in [2.24, 2.45) is 0 Å². The normalized spacial score (nSPS) is 19.8. The number of hydrogen-bond donors (Lipinski definition) is 2. The van der Waals surface area contributed by atoms with Crippen LogP contribution in [0, 0.1) is 0 Å². The minimum Gasteiger partial charge on any atom is -0.489 e. The molecule has 28 heavy (non-hydrogen) atoms. The number of amides is 2. The third-order valence-electron chi connectivity index (χ3n) is 5.40. The first-order valence-corrected chi connectivity index (χ1v) is 9.72. The Labute approximate surface area is 165 Å². The summed E-state index contributed by atoms with van der Waals surface area (Å²) >= 11 is 0. The summed E-state index contributed by atoms with van der Waals surface area (Å²) in [5.74, 6) is 0.614. The second-order valence-corrected chi connectivity index (χ2v) is 7.32. The number of carbonyl (C=O) groups excluding carboxylic acids is 2. The van der Waals surface area contributed by atoms with Gasteiger partial charge >= 0.3 is 0 Å². The van der Waals surface area contributed by atoms with Crippen LogP contribution in [0.25, 0.3) is 0 Å². The molecule has 8 nitrogen and oxygen atoms in total. The first kappa shape index (κ1) is 20.4. The van der Waals surface area contributed by atoms with E-state index >= 15 is 0 Å². The van der Waals surface area contributed by atoms with Gasteiger partial charge in [-0.15, -0.1) is 0 Å². The van der Waals surface area contributed by atoms with Gasteiger partial charge in [-0.2, -0.15) is 0 Å². The van der Waals surface area contributed by atoms with Crippen LogP contribution in [0.5, 0.6) is 5.75 Å². The van der Waals surface area contributed by atoms with E-state index < -0.39 is 0 Å². The highest BCUT2D eigenvalue weighted by Gasteiger charge is 2.30. The standard InChI is InChI=1S/C20H29N3O5/c1-22-15(12-19(25)23-8-5-16(24)6-9-23)13-28-18-4-3-14(11-17(18)22)20(26)21-7-10-27-2/h3-4,11,15-16,24H,5-10,12-13H2,1-2H3,(H,21,26)/t15-/m1/s1. The van der Waals surface area contributed by atoms with Crippen LogP contribution in [0.1, 0.15) is 29.6 Å². The van der Waals surface area contributed by atoms with Gasteiger partial charge in [0.25, 0.3) is 5.91 Å². The average molecular weight is 391 g/mol. The van der Waals surface area contributed by atoms with E-state index in [1.165, 1.54) is 0 Å². The number of aliphatic hydroxyl groups is 1. The van der Waals surface area contributed by atoms with Gasteiger partial charge in [0.2, 0.25) is 5.91 Å². The van der Waals surface area contributed by atoms with Gasteiger partial charge in [-0.25, -0.2) is 0 Å². The molecule has 2 amide bonds. The molecule has 3 rings (SSSR count). The predicted molar refractivity (Wildman–Crippen MR) is 105 cm³/mol. The average Bonchev–Trinajstić information content (AvgIpc) is 2.70. The second-order valence-electron chi connectivity index (χ2n) is 7.32. The maximum absolute atomic E-state index is 12.6. The molecule has 1 saturated heterocycles. The minimum absolute atomic E-state index is 0.0734. The van der Waals surface area contributed by atoms with Gasteiger partial charge in [0.15, 0.2) is 0 Å². The van der Waals surface area contributed by atoms with E-state index in [-0.39, 0.29) is 24.0 Å². The third kappa shape index (κ3) is 4.74. The van der Waals surface area contributed by atoms with Crippen LogP contribution in [0.4, 0.5) is 5.69 Å². The van der Waals surface area contributed by atoms with Gasteiger partial charge in [0, 0.05) is 39.4 Å². The lowest BCUT2D eigenvalue weighted by atomic mass is 10.0. The fourth-order valence-corrected chi connectivity index (χ4v) is 3.56. The highest BCUT2D eigenvalue weighted by Crippen LogP contribution is 2.34. The minimum atomic E-state index is -0.301. The van der Waals surface area contributed by atoms with Crippen LogP contribution >= 0.6 is 0 Å². The van der Waals surface area contributed by atoms with Gasteiger partial charge in [-0.05, 0) is 31.0 Å². The number of benzene rings is 1. The van der Waals surface area contributed by atoms with Crippen molar-refractivity contribution < 1.29 is 24.2 Å². The summed E-state index contributed by atoms with van der Waals surface area (Å²) in [6.45, 7) is 2.52. The Morgan fingerprint density at radius 1 is 1.32 bits per heavy atom. The van der Waals surface area contributed by atoms with Crippen LogP contribution in [0.2, 0.25) is 0 Å². The Kier molecular flexibility index (Phi) is 6.74. The molecule has 0 aliphatic carbocycles. The number of anilines is 1. The molecule has 0 spiro atoms. The van der Waals surface area contributed by atoms with Crippen molar-refractivity contribution in [2.75, 3.05) is 51.9 Å². The maximum Gasteiger partial charge on any atom is 0.251 e. The van der Waals surface area contributed by atoms with E-state index in [9.17, 15) is 14.7 Å². The fraction of sp³-hybridized carbons (Fsp3) is 0.600. The predicted octanol–water partition coefficient (Wildman–Crippen LogP) is 0.633. The number of nitrogens with zero attached hydrogens (tertiary/aromatic N) is 2. The van der Waals surface area contributed by atoms with E-state index in [0.29, 0.717) is 63.4 Å². The van der Waals surface area contributed by atoms with Crippen molar-refractivity contribution in [3.8, 4) is 5.75 Å². The first-order valence-electron chi connectivity index (χ1n) is 9.72. The number of hydrogen-bond acceptors (Lipinski definition) is 6. The van der Waals surface area contributed by atoms with E-state index in [4.69, 9.17) is 9.47 Å². The van der Waals surface area contributed by atoms with Gasteiger partial charge in [-0.1, -0.05) is 0 Å². The zero-order valence-electron chi connectivity index (χ0n) is 16.5. The summed E-state index contributed by atoms with van der Waals surface area (Å²) in [6.07, 6.45) is 1.31. The Morgan fingerprint density at radius 3 is 2.79 bits per heavy atom. The van der Waals surface area contributed by atoms with Crippen molar-refractivity contribution >= 4 is 17.5 Å². The van der Waals surface area contributed by atoms with Crippen molar-refractivity contribution in [1.82, 2.24) is 10.2 Å². The van der Waals surface area contributed by atoms with Crippen molar-refractivity contribution in [3.63, 3.8) is 0 Å². The molecular formula is C20H29N3O5. The molecule has 0 unspecified atom stereocenters. The van der Waals surface area contributed by atoms with Crippen molar-refractivity contribution in [2.45, 2.75) is 31.4 Å². The zero-order chi connectivity index (χ0) is 20.1. The number of piperidine rings is 1. The molecule has 2 aliphatic rings. The molecule has 0 radical (unpaired) electrons. The Hall–Kier alpha value is -2.32. The number of nitrogens with one attached hydrogen (secondary N) is 1. The summed E-state index contributed by atoms with van der Waals surface area (Å²) in [7, 11) is 3.51. The number of ether oxygens (including phenoxy) is 2. The smallest absolute Gasteiger partial charge is 0.251 e. The van der Waals surface area contributed by atoms with Gasteiger partial charge in [0.05, 0.1) is 30.9 Å². The summed E-state index contributed by atoms with van der Waals surface area (Å²) < 4.78 is 10.8. The number of aliphatic hydroxyl groups excluding tert-OH is 1. The Balaban J connectivity index is 1.64. The van der Waals surface area contributed by atoms with E-state index in [1.807, 2.05) is 16.8 Å². The maximum atomic E-state index is 12.6. The molecule has 0 bridgehead atoms. The van der Waals surface area contributed by atoms with Crippen LogP contribution < -0.4 is 15.0 Å². The van der Waals surface area contributed by atoms with Crippen LogP contribution in [-0.4, -0.2) is 81.0 Å².